The third kappa shape index (κ3) is 1.58. The van der Waals surface area contributed by atoms with Gasteiger partial charge in [-0.15, -0.1) is 0 Å². The number of hydrogen-bond acceptors (Lipinski definition) is 1. The third-order valence-electron chi connectivity index (χ3n) is 2.68. The summed E-state index contributed by atoms with van der Waals surface area (Å²) in [6, 6.07) is 6.48. The summed E-state index contributed by atoms with van der Waals surface area (Å²) in [7, 11) is 0. The minimum absolute atomic E-state index is 0.206. The Hall–Kier alpha value is -1.50. The SMILES string of the molecule is C=C(O)C1=CCc2ccc(C)cc2C1. The van der Waals surface area contributed by atoms with Crippen molar-refractivity contribution in [1.29, 1.82) is 0 Å². The summed E-state index contributed by atoms with van der Waals surface area (Å²) in [5.41, 5.74) is 4.91. The van der Waals surface area contributed by atoms with Crippen LogP contribution >= 0.6 is 0 Å². The molecule has 72 valence electrons. The van der Waals surface area contributed by atoms with E-state index in [2.05, 4.69) is 37.8 Å². The average Bonchev–Trinajstić information content (AvgIpc) is 2.16. The van der Waals surface area contributed by atoms with Gasteiger partial charge in [0.15, 0.2) is 0 Å². The van der Waals surface area contributed by atoms with E-state index in [0.717, 1.165) is 18.4 Å². The van der Waals surface area contributed by atoms with Crippen LogP contribution in [-0.4, -0.2) is 5.11 Å². The van der Waals surface area contributed by atoms with Crippen LogP contribution in [0, 0.1) is 6.92 Å². The van der Waals surface area contributed by atoms with Crippen molar-refractivity contribution in [3.05, 3.63) is 58.9 Å². The fourth-order valence-corrected chi connectivity index (χ4v) is 1.85. The Balaban J connectivity index is 2.35. The van der Waals surface area contributed by atoms with E-state index in [1.165, 1.54) is 16.7 Å². The fraction of sp³-hybridized carbons (Fsp3) is 0.231. The van der Waals surface area contributed by atoms with Crippen LogP contribution in [-0.2, 0) is 12.8 Å². The lowest BCUT2D eigenvalue weighted by atomic mass is 9.90. The number of benzene rings is 1. The zero-order valence-corrected chi connectivity index (χ0v) is 8.38. The Morgan fingerprint density at radius 2 is 2.14 bits per heavy atom. The average molecular weight is 186 g/mol. The van der Waals surface area contributed by atoms with Gasteiger partial charge in [-0.05, 0) is 30.0 Å². The number of aryl methyl sites for hydroxylation is 1. The van der Waals surface area contributed by atoms with Crippen LogP contribution in [0.4, 0.5) is 0 Å². The van der Waals surface area contributed by atoms with E-state index in [0.29, 0.717) is 0 Å². The smallest absolute Gasteiger partial charge is 0.111 e. The molecule has 1 N–H and O–H groups in total. The Labute approximate surface area is 84.4 Å². The summed E-state index contributed by atoms with van der Waals surface area (Å²) in [5.74, 6) is 0.206. The van der Waals surface area contributed by atoms with Crippen molar-refractivity contribution in [3.63, 3.8) is 0 Å². The number of aliphatic hydroxyl groups is 1. The van der Waals surface area contributed by atoms with E-state index in [1.807, 2.05) is 0 Å². The van der Waals surface area contributed by atoms with Crippen LogP contribution in [0.3, 0.4) is 0 Å². The van der Waals surface area contributed by atoms with E-state index in [9.17, 15) is 5.11 Å². The Morgan fingerprint density at radius 1 is 1.36 bits per heavy atom. The largest absolute Gasteiger partial charge is 0.508 e. The van der Waals surface area contributed by atoms with Crippen molar-refractivity contribution in [2.75, 3.05) is 0 Å². The monoisotopic (exact) mass is 186 g/mol. The first-order valence-corrected chi connectivity index (χ1v) is 4.82. The van der Waals surface area contributed by atoms with Gasteiger partial charge in [0, 0.05) is 6.42 Å². The Bertz CT molecular complexity index is 413. The predicted octanol–water partition coefficient (Wildman–Crippen LogP) is 3.09. The van der Waals surface area contributed by atoms with Gasteiger partial charge in [0.25, 0.3) is 0 Å². The molecule has 0 fully saturated rings. The summed E-state index contributed by atoms with van der Waals surface area (Å²) in [5, 5.41) is 9.31. The van der Waals surface area contributed by atoms with Gasteiger partial charge in [-0.25, -0.2) is 0 Å². The molecule has 1 heteroatoms. The molecule has 0 heterocycles. The highest BCUT2D eigenvalue weighted by Crippen LogP contribution is 2.24. The van der Waals surface area contributed by atoms with E-state index >= 15 is 0 Å². The summed E-state index contributed by atoms with van der Waals surface area (Å²) < 4.78 is 0. The summed E-state index contributed by atoms with van der Waals surface area (Å²) in [4.78, 5) is 0. The molecule has 1 aliphatic carbocycles. The van der Waals surface area contributed by atoms with Crippen LogP contribution in [0.15, 0.2) is 42.2 Å². The van der Waals surface area contributed by atoms with Gasteiger partial charge in [0.2, 0.25) is 0 Å². The lowest BCUT2D eigenvalue weighted by Crippen LogP contribution is -2.04. The van der Waals surface area contributed by atoms with Crippen LogP contribution < -0.4 is 0 Å². The zero-order chi connectivity index (χ0) is 10.1. The molecule has 1 aliphatic rings. The second kappa shape index (κ2) is 3.33. The number of fused-ring (bicyclic) bond motifs is 1. The molecule has 1 aromatic carbocycles. The number of rotatable bonds is 1. The molecule has 0 atom stereocenters. The van der Waals surface area contributed by atoms with Gasteiger partial charge in [-0.1, -0.05) is 36.4 Å². The summed E-state index contributed by atoms with van der Waals surface area (Å²) >= 11 is 0. The Kier molecular flexibility index (Phi) is 2.16. The van der Waals surface area contributed by atoms with Crippen molar-refractivity contribution in [3.8, 4) is 0 Å². The standard InChI is InChI=1S/C13H14O/c1-9-3-4-11-5-6-12(10(2)14)8-13(11)7-9/h3-4,6-7,14H,2,5,8H2,1H3. The maximum Gasteiger partial charge on any atom is 0.111 e. The van der Waals surface area contributed by atoms with E-state index in [4.69, 9.17) is 0 Å². The lowest BCUT2D eigenvalue weighted by molar-refractivity contribution is 0.422. The van der Waals surface area contributed by atoms with Crippen molar-refractivity contribution < 1.29 is 5.11 Å². The van der Waals surface area contributed by atoms with Crippen LogP contribution in [0.25, 0.3) is 0 Å². The number of allylic oxidation sites excluding steroid dienone is 2. The summed E-state index contributed by atoms with van der Waals surface area (Å²) in [6.45, 7) is 5.65. The van der Waals surface area contributed by atoms with Crippen molar-refractivity contribution in [2.45, 2.75) is 19.8 Å². The van der Waals surface area contributed by atoms with Crippen LogP contribution in [0.2, 0.25) is 0 Å². The van der Waals surface area contributed by atoms with Crippen LogP contribution in [0.1, 0.15) is 16.7 Å². The van der Waals surface area contributed by atoms with Crippen molar-refractivity contribution >= 4 is 0 Å². The fourth-order valence-electron chi connectivity index (χ4n) is 1.85. The van der Waals surface area contributed by atoms with Gasteiger partial charge in [0.05, 0.1) is 0 Å². The molecule has 0 aromatic heterocycles. The van der Waals surface area contributed by atoms with Gasteiger partial charge in [-0.2, -0.15) is 0 Å². The van der Waals surface area contributed by atoms with E-state index in [1.54, 1.807) is 0 Å². The summed E-state index contributed by atoms with van der Waals surface area (Å²) in [6.07, 6.45) is 3.77. The first kappa shape index (κ1) is 9.07. The second-order valence-electron chi connectivity index (χ2n) is 3.83. The molecule has 14 heavy (non-hydrogen) atoms. The predicted molar refractivity (Wildman–Crippen MR) is 58.4 cm³/mol. The van der Waals surface area contributed by atoms with Gasteiger partial charge >= 0.3 is 0 Å². The van der Waals surface area contributed by atoms with E-state index in [-0.39, 0.29) is 5.76 Å². The molecular weight excluding hydrogens is 172 g/mol. The molecule has 0 bridgehead atoms. The quantitative estimate of drug-likeness (QED) is 0.668. The third-order valence-corrected chi connectivity index (χ3v) is 2.68. The Morgan fingerprint density at radius 3 is 2.86 bits per heavy atom. The second-order valence-corrected chi connectivity index (χ2v) is 3.83. The van der Waals surface area contributed by atoms with Gasteiger partial charge < -0.3 is 5.11 Å². The maximum absolute atomic E-state index is 9.31. The molecule has 1 aromatic rings. The molecule has 0 saturated heterocycles. The molecule has 2 rings (SSSR count). The minimum Gasteiger partial charge on any atom is -0.508 e. The molecule has 0 spiro atoms. The first-order valence-electron chi connectivity index (χ1n) is 4.82. The molecule has 0 amide bonds. The van der Waals surface area contributed by atoms with Gasteiger partial charge in [0.1, 0.15) is 5.76 Å². The molecular formula is C13H14O. The molecule has 0 aliphatic heterocycles. The first-order chi connectivity index (χ1) is 6.66. The zero-order valence-electron chi connectivity index (χ0n) is 8.38. The van der Waals surface area contributed by atoms with Crippen molar-refractivity contribution in [2.24, 2.45) is 0 Å². The van der Waals surface area contributed by atoms with E-state index < -0.39 is 0 Å². The molecule has 1 nitrogen and oxygen atoms in total. The normalized spacial score (nSPS) is 14.5. The highest BCUT2D eigenvalue weighted by molar-refractivity contribution is 5.42. The van der Waals surface area contributed by atoms with Crippen molar-refractivity contribution in [1.82, 2.24) is 0 Å². The topological polar surface area (TPSA) is 20.2 Å². The molecule has 0 unspecified atom stereocenters. The number of aliphatic hydroxyl groups excluding tert-OH is 1. The highest BCUT2D eigenvalue weighted by atomic mass is 16.3. The van der Waals surface area contributed by atoms with Gasteiger partial charge in [-0.3, -0.25) is 0 Å². The number of hydrogen-bond donors (Lipinski definition) is 1. The maximum atomic E-state index is 9.31. The molecule has 0 saturated carbocycles. The van der Waals surface area contributed by atoms with Crippen LogP contribution in [0.5, 0.6) is 0 Å². The highest BCUT2D eigenvalue weighted by Gasteiger charge is 2.12. The lowest BCUT2D eigenvalue weighted by Gasteiger charge is -2.16. The minimum atomic E-state index is 0.206. The molecule has 0 radical (unpaired) electrons.